The number of anilines is 1. The van der Waals surface area contributed by atoms with Gasteiger partial charge in [-0.1, -0.05) is 67.9 Å². The van der Waals surface area contributed by atoms with Gasteiger partial charge >= 0.3 is 0 Å². The first-order valence-corrected chi connectivity index (χ1v) is 12.2. The maximum atomic E-state index is 13.1. The number of hydrogen-bond acceptors (Lipinski definition) is 3. The minimum absolute atomic E-state index is 0.0887. The summed E-state index contributed by atoms with van der Waals surface area (Å²) in [6.45, 7) is 7.87. The van der Waals surface area contributed by atoms with Crippen molar-refractivity contribution in [1.29, 1.82) is 0 Å². The summed E-state index contributed by atoms with van der Waals surface area (Å²) >= 11 is 0. The summed E-state index contributed by atoms with van der Waals surface area (Å²) in [5, 5.41) is 3.08. The second-order valence-corrected chi connectivity index (χ2v) is 10.2. The van der Waals surface area contributed by atoms with Gasteiger partial charge in [0, 0.05) is 11.3 Å². The van der Waals surface area contributed by atoms with Gasteiger partial charge < -0.3 is 5.32 Å². The Balaban J connectivity index is 1.86. The van der Waals surface area contributed by atoms with Crippen LogP contribution in [0.2, 0.25) is 0 Å². The van der Waals surface area contributed by atoms with Gasteiger partial charge in [-0.15, -0.1) is 0 Å². The largest absolute Gasteiger partial charge is 0.345 e. The van der Waals surface area contributed by atoms with Gasteiger partial charge in [0.15, 0.2) is 0 Å². The highest BCUT2D eigenvalue weighted by Gasteiger charge is 2.21. The van der Waals surface area contributed by atoms with Crippen molar-refractivity contribution in [2.24, 2.45) is 5.92 Å². The van der Waals surface area contributed by atoms with E-state index in [2.05, 4.69) is 23.9 Å². The summed E-state index contributed by atoms with van der Waals surface area (Å²) in [5.41, 5.74) is 3.42. The van der Waals surface area contributed by atoms with Gasteiger partial charge in [-0.05, 0) is 61.6 Å². The molecule has 0 saturated carbocycles. The van der Waals surface area contributed by atoms with Crippen LogP contribution >= 0.6 is 0 Å². The maximum absolute atomic E-state index is 13.1. The molecule has 0 aliphatic carbocycles. The van der Waals surface area contributed by atoms with Crippen molar-refractivity contribution in [3.05, 3.63) is 95.1 Å². The van der Waals surface area contributed by atoms with Crippen molar-refractivity contribution >= 4 is 21.6 Å². The Hall–Kier alpha value is -3.12. The van der Waals surface area contributed by atoms with Crippen LogP contribution in [0.3, 0.4) is 0 Å². The minimum atomic E-state index is -3.84. The molecule has 2 N–H and O–H groups in total. The Bertz CT molecular complexity index is 1170. The predicted molar refractivity (Wildman–Crippen MR) is 129 cm³/mol. The zero-order valence-corrected chi connectivity index (χ0v) is 19.7. The lowest BCUT2D eigenvalue weighted by molar-refractivity contribution is 0.0931. The zero-order valence-electron chi connectivity index (χ0n) is 18.9. The summed E-state index contributed by atoms with van der Waals surface area (Å²) in [4.78, 5) is 13.2. The second kappa shape index (κ2) is 10.0. The standard InChI is InChI=1S/C26H30N2O3S/c1-18(2)16-24(21-8-6-5-7-9-21)27-26(29)22-13-12-20(4)25(17-22)32(30,31)28-23-14-10-19(3)11-15-23/h5-15,17-18,24,28H,16H2,1-4H3,(H,27,29). The third-order valence-electron chi connectivity index (χ3n) is 5.26. The monoisotopic (exact) mass is 450 g/mol. The molecule has 0 bridgehead atoms. The fraction of sp³-hybridized carbons (Fsp3) is 0.269. The molecule has 3 aromatic rings. The maximum Gasteiger partial charge on any atom is 0.262 e. The van der Waals surface area contributed by atoms with E-state index in [-0.39, 0.29) is 16.8 Å². The molecular weight excluding hydrogens is 420 g/mol. The molecule has 1 amide bonds. The third-order valence-corrected chi connectivity index (χ3v) is 6.78. The van der Waals surface area contributed by atoms with E-state index >= 15 is 0 Å². The van der Waals surface area contributed by atoms with Crippen molar-refractivity contribution in [3.8, 4) is 0 Å². The molecule has 0 heterocycles. The molecule has 1 unspecified atom stereocenters. The Kier molecular flexibility index (Phi) is 7.36. The number of amides is 1. The quantitative estimate of drug-likeness (QED) is 0.468. The average Bonchev–Trinajstić information content (AvgIpc) is 2.75. The van der Waals surface area contributed by atoms with Crippen LogP contribution in [-0.4, -0.2) is 14.3 Å². The minimum Gasteiger partial charge on any atom is -0.345 e. The average molecular weight is 451 g/mol. The van der Waals surface area contributed by atoms with E-state index < -0.39 is 10.0 Å². The van der Waals surface area contributed by atoms with Crippen molar-refractivity contribution in [2.45, 2.75) is 45.1 Å². The molecule has 0 aromatic heterocycles. The van der Waals surface area contributed by atoms with E-state index in [4.69, 9.17) is 0 Å². The molecule has 0 radical (unpaired) electrons. The van der Waals surface area contributed by atoms with Gasteiger partial charge in [-0.3, -0.25) is 9.52 Å². The Morgan fingerprint density at radius 1 is 0.906 bits per heavy atom. The molecule has 5 nitrogen and oxygen atoms in total. The van der Waals surface area contributed by atoms with E-state index in [1.165, 1.54) is 6.07 Å². The first kappa shape index (κ1) is 23.5. The fourth-order valence-corrected chi connectivity index (χ4v) is 4.87. The van der Waals surface area contributed by atoms with E-state index in [0.29, 0.717) is 22.7 Å². The lowest BCUT2D eigenvalue weighted by Gasteiger charge is -2.21. The first-order chi connectivity index (χ1) is 15.2. The molecule has 32 heavy (non-hydrogen) atoms. The van der Waals surface area contributed by atoms with Gasteiger partial charge in [-0.25, -0.2) is 8.42 Å². The Morgan fingerprint density at radius 2 is 1.56 bits per heavy atom. The summed E-state index contributed by atoms with van der Waals surface area (Å²) in [6.07, 6.45) is 0.780. The molecule has 3 rings (SSSR count). The molecule has 0 saturated heterocycles. The van der Waals surface area contributed by atoms with Crippen LogP contribution in [0.25, 0.3) is 0 Å². The number of benzene rings is 3. The molecule has 6 heteroatoms. The van der Waals surface area contributed by atoms with Crippen LogP contribution in [0.15, 0.2) is 77.7 Å². The normalized spacial score (nSPS) is 12.4. The van der Waals surface area contributed by atoms with Crippen molar-refractivity contribution < 1.29 is 13.2 Å². The highest BCUT2D eigenvalue weighted by Crippen LogP contribution is 2.24. The third kappa shape index (κ3) is 5.98. The van der Waals surface area contributed by atoms with Crippen molar-refractivity contribution in [2.75, 3.05) is 4.72 Å². The second-order valence-electron chi connectivity index (χ2n) is 8.52. The molecule has 168 valence electrons. The zero-order chi connectivity index (χ0) is 23.3. The molecule has 1 atom stereocenters. The number of sulfonamides is 1. The number of carbonyl (C=O) groups is 1. The van der Waals surface area contributed by atoms with Crippen molar-refractivity contribution in [3.63, 3.8) is 0 Å². The van der Waals surface area contributed by atoms with Gasteiger partial charge in [-0.2, -0.15) is 0 Å². The molecule has 0 aliphatic rings. The van der Waals surface area contributed by atoms with Crippen LogP contribution < -0.4 is 10.0 Å². The smallest absolute Gasteiger partial charge is 0.262 e. The highest BCUT2D eigenvalue weighted by atomic mass is 32.2. The molecule has 3 aromatic carbocycles. The topological polar surface area (TPSA) is 75.3 Å². The molecule has 0 fully saturated rings. The van der Waals surface area contributed by atoms with E-state index in [9.17, 15) is 13.2 Å². The highest BCUT2D eigenvalue weighted by molar-refractivity contribution is 7.92. The summed E-state index contributed by atoms with van der Waals surface area (Å²) in [5.74, 6) is 0.0828. The van der Waals surface area contributed by atoms with E-state index in [0.717, 1.165) is 17.5 Å². The van der Waals surface area contributed by atoms with Crippen LogP contribution in [0.5, 0.6) is 0 Å². The summed E-state index contributed by atoms with van der Waals surface area (Å²) in [7, 11) is -3.84. The number of aryl methyl sites for hydroxylation is 2. The van der Waals surface area contributed by atoms with E-state index in [1.54, 1.807) is 31.2 Å². The lowest BCUT2D eigenvalue weighted by atomic mass is 9.96. The molecule has 0 spiro atoms. The number of carbonyl (C=O) groups excluding carboxylic acids is 1. The molecular formula is C26H30N2O3S. The van der Waals surface area contributed by atoms with Crippen LogP contribution in [0, 0.1) is 19.8 Å². The fourth-order valence-electron chi connectivity index (χ4n) is 3.54. The molecule has 0 aliphatic heterocycles. The number of nitrogens with one attached hydrogen (secondary N) is 2. The van der Waals surface area contributed by atoms with Crippen LogP contribution in [0.4, 0.5) is 5.69 Å². The number of rotatable bonds is 8. The Morgan fingerprint density at radius 3 is 2.19 bits per heavy atom. The van der Waals surface area contributed by atoms with Crippen molar-refractivity contribution in [1.82, 2.24) is 5.32 Å². The lowest BCUT2D eigenvalue weighted by Crippen LogP contribution is -2.29. The summed E-state index contributed by atoms with van der Waals surface area (Å²) < 4.78 is 28.7. The number of hydrogen-bond donors (Lipinski definition) is 2. The SMILES string of the molecule is Cc1ccc(NS(=O)(=O)c2cc(C(=O)NC(CC(C)C)c3ccccc3)ccc2C)cc1. The first-order valence-electron chi connectivity index (χ1n) is 10.7. The van der Waals surface area contributed by atoms with Gasteiger partial charge in [0.25, 0.3) is 15.9 Å². The Labute approximate surface area is 190 Å². The van der Waals surface area contributed by atoms with E-state index in [1.807, 2.05) is 49.4 Å². The predicted octanol–water partition coefficient (Wildman–Crippen LogP) is 5.62. The van der Waals surface area contributed by atoms with Gasteiger partial charge in [0.05, 0.1) is 10.9 Å². The van der Waals surface area contributed by atoms with Gasteiger partial charge in [0.1, 0.15) is 0 Å². The van der Waals surface area contributed by atoms with Crippen LogP contribution in [0.1, 0.15) is 53.4 Å². The summed E-state index contributed by atoms with van der Waals surface area (Å²) in [6, 6.07) is 21.5. The van der Waals surface area contributed by atoms with Gasteiger partial charge in [0.2, 0.25) is 0 Å². The van der Waals surface area contributed by atoms with Crippen LogP contribution in [-0.2, 0) is 10.0 Å².